The molecule has 0 amide bonds. The zero-order chi connectivity index (χ0) is 37.2. The lowest BCUT2D eigenvalue weighted by Crippen LogP contribution is -1.99. The molecular weight excluding hydrogens is 712 g/mol. The smallest absolute Gasteiger partial charge is 0.237 e. The van der Waals surface area contributed by atoms with Crippen LogP contribution in [0, 0.1) is 64.2 Å². The van der Waals surface area contributed by atoms with E-state index in [1.54, 1.807) is 43.8 Å². The largest absolute Gasteiger partial charge is 0.480 e. The summed E-state index contributed by atoms with van der Waals surface area (Å²) in [6, 6.07) is 19.0. The van der Waals surface area contributed by atoms with E-state index in [0.717, 1.165) is 66.4 Å². The summed E-state index contributed by atoms with van der Waals surface area (Å²) < 4.78 is 21.7. The Labute approximate surface area is 305 Å². The van der Waals surface area contributed by atoms with Crippen LogP contribution >= 0.6 is 15.9 Å². The number of benzene rings is 2. The third-order valence-electron chi connectivity index (χ3n) is 7.70. The number of nitrogens with zero attached hydrogens (tertiary/aromatic N) is 6. The highest BCUT2D eigenvalue weighted by atomic mass is 79.9. The third-order valence-corrected chi connectivity index (χ3v) is 8.55. The Morgan fingerprint density at radius 3 is 1.67 bits per heavy atom. The van der Waals surface area contributed by atoms with Gasteiger partial charge < -0.3 is 29.6 Å². The van der Waals surface area contributed by atoms with Crippen LogP contribution in [0.15, 0.2) is 74.4 Å². The number of hydrogen-bond acceptors (Lipinski definition) is 12. The zero-order valence-electron chi connectivity index (χ0n) is 29.5. The molecule has 0 bridgehead atoms. The van der Waals surface area contributed by atoms with Crippen molar-refractivity contribution in [1.82, 2.24) is 20.3 Å². The van der Waals surface area contributed by atoms with Gasteiger partial charge in [-0.25, -0.2) is 9.97 Å². The van der Waals surface area contributed by atoms with Crippen LogP contribution in [0.3, 0.4) is 0 Å². The number of nitrogen functional groups attached to an aromatic ring is 1. The predicted octanol–water partition coefficient (Wildman–Crippen LogP) is 8.86. The van der Waals surface area contributed by atoms with Crippen LogP contribution in [-0.2, 0) is 0 Å². The predicted molar refractivity (Wildman–Crippen MR) is 199 cm³/mol. The van der Waals surface area contributed by atoms with Crippen LogP contribution in [0.4, 0.5) is 17.1 Å². The normalized spacial score (nSPS) is 10.1. The molecule has 2 aromatic carbocycles. The summed E-state index contributed by atoms with van der Waals surface area (Å²) in [5, 5.41) is 28.8. The van der Waals surface area contributed by atoms with E-state index in [4.69, 9.17) is 34.8 Å². The lowest BCUT2D eigenvalue weighted by Gasteiger charge is -2.14. The Kier molecular flexibility index (Phi) is 12.5. The molecule has 3 N–H and O–H groups in total. The number of nitriles is 2. The topological polar surface area (TPSA) is 182 Å². The highest BCUT2D eigenvalue weighted by Gasteiger charge is 2.16. The number of methoxy groups -OCH3 is 2. The van der Waals surface area contributed by atoms with Crippen LogP contribution in [0.2, 0.25) is 0 Å². The van der Waals surface area contributed by atoms with Gasteiger partial charge in [-0.2, -0.15) is 10.5 Å². The summed E-state index contributed by atoms with van der Waals surface area (Å²) in [5.41, 5.74) is 16.5. The molecule has 51 heavy (non-hydrogen) atoms. The summed E-state index contributed by atoms with van der Waals surface area (Å²) in [7, 11) is 3.11. The molecule has 260 valence electrons. The Balaban J connectivity index is 0.000000191. The summed E-state index contributed by atoms with van der Waals surface area (Å²) in [6.07, 6.45) is 3.43. The second-order valence-electron chi connectivity index (χ2n) is 11.3. The fourth-order valence-corrected chi connectivity index (χ4v) is 5.42. The van der Waals surface area contributed by atoms with Crippen molar-refractivity contribution >= 4 is 33.0 Å². The van der Waals surface area contributed by atoms with Crippen molar-refractivity contribution in [2.75, 3.05) is 25.3 Å². The molecule has 0 saturated heterocycles. The van der Waals surface area contributed by atoms with E-state index < -0.39 is 0 Å². The van der Waals surface area contributed by atoms with Gasteiger partial charge in [0.1, 0.15) is 17.2 Å². The molecule has 0 saturated carbocycles. The minimum Gasteiger partial charge on any atom is -0.480 e. The van der Waals surface area contributed by atoms with Gasteiger partial charge in [-0.3, -0.25) is 0 Å². The fourth-order valence-electron chi connectivity index (χ4n) is 5.04. The van der Waals surface area contributed by atoms with Crippen LogP contribution < -0.4 is 20.5 Å². The van der Waals surface area contributed by atoms with Gasteiger partial charge in [0.15, 0.2) is 0 Å². The molecule has 0 unspecified atom stereocenters. The first-order chi connectivity index (χ1) is 24.4. The van der Waals surface area contributed by atoms with Gasteiger partial charge in [0.2, 0.25) is 11.8 Å². The van der Waals surface area contributed by atoms with E-state index in [1.807, 2.05) is 65.8 Å². The third kappa shape index (κ3) is 9.09. The van der Waals surface area contributed by atoms with E-state index in [1.165, 1.54) is 7.11 Å². The average Bonchev–Trinajstić information content (AvgIpc) is 3.65. The minimum atomic E-state index is 0.426. The molecule has 6 rings (SSSR count). The number of nitrogens with one attached hydrogen (secondary N) is 1. The molecular formula is C38H37BrN8O4. The van der Waals surface area contributed by atoms with Gasteiger partial charge in [-0.15, -0.1) is 0 Å². The van der Waals surface area contributed by atoms with Crippen molar-refractivity contribution in [3.63, 3.8) is 0 Å². The second kappa shape index (κ2) is 17.0. The molecule has 13 heteroatoms. The lowest BCUT2D eigenvalue weighted by molar-refractivity contribution is 0.393. The highest BCUT2D eigenvalue weighted by Crippen LogP contribution is 2.34. The van der Waals surface area contributed by atoms with E-state index in [2.05, 4.69) is 53.7 Å². The van der Waals surface area contributed by atoms with Gasteiger partial charge in [0.25, 0.3) is 0 Å². The van der Waals surface area contributed by atoms with Crippen molar-refractivity contribution < 1.29 is 18.5 Å². The van der Waals surface area contributed by atoms with Crippen LogP contribution in [0.5, 0.6) is 11.8 Å². The molecule has 0 aliphatic heterocycles. The Hall–Kier alpha value is -6.18. The second-order valence-corrected chi connectivity index (χ2v) is 12.2. The SMILES string of the molecule is COc1ncc(-c2c(C)noc2C)cc1N.COc1ncc(-c2c(C)noc2C)cc1Nc1cc(C#N)ccc1C.Cc1ccc(C#N)cc1Br. The number of pyridine rings is 2. The van der Waals surface area contributed by atoms with Gasteiger partial charge in [-0.1, -0.05) is 38.4 Å². The molecule has 0 spiro atoms. The highest BCUT2D eigenvalue weighted by molar-refractivity contribution is 9.10. The fraction of sp³-hybridized carbons (Fsp3) is 0.211. The number of ether oxygens (including phenoxy) is 2. The van der Waals surface area contributed by atoms with E-state index in [-0.39, 0.29) is 0 Å². The van der Waals surface area contributed by atoms with E-state index in [9.17, 15) is 0 Å². The molecule has 0 aliphatic carbocycles. The molecule has 4 heterocycles. The summed E-state index contributed by atoms with van der Waals surface area (Å²) in [5.74, 6) is 2.38. The number of aryl methyl sites for hydroxylation is 6. The zero-order valence-corrected chi connectivity index (χ0v) is 31.1. The van der Waals surface area contributed by atoms with Gasteiger partial charge in [-0.05, 0) is 89.1 Å². The molecule has 6 aromatic rings. The van der Waals surface area contributed by atoms with Gasteiger partial charge >= 0.3 is 0 Å². The monoisotopic (exact) mass is 748 g/mol. The van der Waals surface area contributed by atoms with Gasteiger partial charge in [0.05, 0.1) is 54.6 Å². The Bertz CT molecular complexity index is 2210. The number of anilines is 3. The average molecular weight is 750 g/mol. The number of nitrogens with two attached hydrogens (primary N) is 1. The van der Waals surface area contributed by atoms with Crippen LogP contribution in [0.1, 0.15) is 45.2 Å². The van der Waals surface area contributed by atoms with Crippen molar-refractivity contribution in [3.05, 3.63) is 111 Å². The van der Waals surface area contributed by atoms with Gasteiger partial charge in [0, 0.05) is 44.8 Å². The van der Waals surface area contributed by atoms with E-state index >= 15 is 0 Å². The van der Waals surface area contributed by atoms with Crippen LogP contribution in [-0.4, -0.2) is 34.5 Å². The summed E-state index contributed by atoms with van der Waals surface area (Å²) >= 11 is 3.34. The van der Waals surface area contributed by atoms with Crippen molar-refractivity contribution in [2.45, 2.75) is 41.5 Å². The maximum absolute atomic E-state index is 9.12. The molecule has 0 aliphatic rings. The molecule has 0 atom stereocenters. The summed E-state index contributed by atoms with van der Waals surface area (Å²) in [6.45, 7) is 11.5. The minimum absolute atomic E-state index is 0.426. The first-order valence-electron chi connectivity index (χ1n) is 15.5. The maximum Gasteiger partial charge on any atom is 0.237 e. The Morgan fingerprint density at radius 1 is 0.686 bits per heavy atom. The quantitative estimate of drug-likeness (QED) is 0.165. The van der Waals surface area contributed by atoms with Crippen LogP contribution in [0.25, 0.3) is 22.3 Å². The molecule has 0 radical (unpaired) electrons. The number of halogens is 1. The Morgan fingerprint density at radius 2 is 1.20 bits per heavy atom. The lowest BCUT2D eigenvalue weighted by atomic mass is 10.1. The standard InChI is InChI=1S/C19H18N4O2.C11H13N3O2.C8H6BrN/c1-11-5-6-14(9-20)7-16(11)22-17-8-15(10-21-19(17)24-4)18-12(2)23-25-13(18)3;1-6-10(7(2)16-14-6)8-4-9(12)11(15-3)13-5-8;1-6-2-3-7(5-10)4-8(6)9/h5-8,10,22H,1-4H3;4-5H,12H2,1-3H3;2-4H,1H3. The van der Waals surface area contributed by atoms with E-state index in [0.29, 0.717) is 34.3 Å². The summed E-state index contributed by atoms with van der Waals surface area (Å²) in [4.78, 5) is 8.50. The number of aromatic nitrogens is 4. The first kappa shape index (κ1) is 37.6. The molecule has 0 fully saturated rings. The van der Waals surface area contributed by atoms with Crippen molar-refractivity contribution in [2.24, 2.45) is 0 Å². The molecule has 4 aromatic heterocycles. The maximum atomic E-state index is 9.12. The first-order valence-corrected chi connectivity index (χ1v) is 16.3. The van der Waals surface area contributed by atoms with Crippen molar-refractivity contribution in [3.8, 4) is 46.2 Å². The number of hydrogen-bond donors (Lipinski definition) is 2. The number of rotatable bonds is 6. The van der Waals surface area contributed by atoms with Crippen molar-refractivity contribution in [1.29, 1.82) is 10.5 Å². The molecule has 12 nitrogen and oxygen atoms in total.